The lowest BCUT2D eigenvalue weighted by molar-refractivity contribution is 0.0471. The molecule has 6 nitrogen and oxygen atoms in total. The van der Waals surface area contributed by atoms with Gasteiger partial charge in [-0.3, -0.25) is 0 Å². The van der Waals surface area contributed by atoms with E-state index in [1.165, 1.54) is 31.9 Å². The molecule has 1 aliphatic carbocycles. The van der Waals surface area contributed by atoms with Crippen LogP contribution in [0.1, 0.15) is 44.3 Å². The molecule has 1 saturated carbocycles. The summed E-state index contributed by atoms with van der Waals surface area (Å²) in [6, 6.07) is 1.54. The van der Waals surface area contributed by atoms with Crippen LogP contribution in [0.4, 0.5) is 0 Å². The van der Waals surface area contributed by atoms with Crippen LogP contribution in [0.3, 0.4) is 0 Å². The van der Waals surface area contributed by atoms with E-state index in [1.807, 2.05) is 0 Å². The van der Waals surface area contributed by atoms with Crippen molar-refractivity contribution in [2.45, 2.75) is 50.4 Å². The maximum atomic E-state index is 11.7. The van der Waals surface area contributed by atoms with Crippen LogP contribution < -0.4 is 4.72 Å². The number of ether oxygens (including phenoxy) is 1. The Bertz CT molecular complexity index is 465. The van der Waals surface area contributed by atoms with Gasteiger partial charge in [0.1, 0.15) is 5.75 Å². The number of nitrogens with one attached hydrogen (secondary N) is 1. The van der Waals surface area contributed by atoms with Gasteiger partial charge in [-0.25, -0.2) is 13.1 Å². The zero-order chi connectivity index (χ0) is 14.3. The molecule has 1 fully saturated rings. The fourth-order valence-corrected chi connectivity index (χ4v) is 3.41. The van der Waals surface area contributed by atoms with Gasteiger partial charge in [0.05, 0.1) is 18.9 Å². The maximum Gasteiger partial charge on any atom is 0.219 e. The predicted molar refractivity (Wildman–Crippen MR) is 74.6 cm³/mol. The summed E-state index contributed by atoms with van der Waals surface area (Å²) in [4.78, 5) is 0. The molecule has 114 valence electrons. The highest BCUT2D eigenvalue weighted by molar-refractivity contribution is 7.88. The van der Waals surface area contributed by atoms with E-state index in [9.17, 15) is 8.42 Å². The summed E-state index contributed by atoms with van der Waals surface area (Å²) in [6.07, 6.45) is 8.88. The third-order valence-electron chi connectivity index (χ3n) is 3.40. The first-order valence-electron chi connectivity index (χ1n) is 7.14. The Balaban J connectivity index is 1.64. The summed E-state index contributed by atoms with van der Waals surface area (Å²) < 4.78 is 36.5. The van der Waals surface area contributed by atoms with Gasteiger partial charge in [0.25, 0.3) is 0 Å². The summed E-state index contributed by atoms with van der Waals surface area (Å²) >= 11 is 0. The summed E-state index contributed by atoms with van der Waals surface area (Å²) in [6.45, 7) is 0.716. The Labute approximate surface area is 119 Å². The summed E-state index contributed by atoms with van der Waals surface area (Å²) in [7, 11) is -3.38. The highest BCUT2D eigenvalue weighted by atomic mass is 32.2. The molecular weight excluding hydrogens is 280 g/mol. The molecule has 0 bridgehead atoms. The zero-order valence-electron chi connectivity index (χ0n) is 11.6. The van der Waals surface area contributed by atoms with Crippen LogP contribution in [0.5, 0.6) is 0 Å². The molecule has 0 saturated heterocycles. The van der Waals surface area contributed by atoms with Crippen molar-refractivity contribution in [1.82, 2.24) is 9.88 Å². The van der Waals surface area contributed by atoms with Crippen LogP contribution in [0.15, 0.2) is 16.8 Å². The van der Waals surface area contributed by atoms with Gasteiger partial charge in [-0.2, -0.15) is 0 Å². The summed E-state index contributed by atoms with van der Waals surface area (Å²) in [5.41, 5.74) is 0. The van der Waals surface area contributed by atoms with Gasteiger partial charge in [-0.15, -0.1) is 0 Å². The highest BCUT2D eigenvalue weighted by Gasteiger charge is 2.15. The minimum Gasteiger partial charge on any atom is -0.377 e. The third-order valence-corrected chi connectivity index (χ3v) is 4.71. The fraction of sp³-hybridized carbons (Fsp3) is 0.769. The van der Waals surface area contributed by atoms with Crippen LogP contribution in [0, 0.1) is 0 Å². The lowest BCUT2D eigenvalue weighted by Crippen LogP contribution is -2.29. The predicted octanol–water partition coefficient (Wildman–Crippen LogP) is 1.83. The van der Waals surface area contributed by atoms with Crippen LogP contribution in [-0.4, -0.2) is 32.8 Å². The maximum absolute atomic E-state index is 11.7. The monoisotopic (exact) mass is 302 g/mol. The molecule has 0 amide bonds. The average molecular weight is 302 g/mol. The van der Waals surface area contributed by atoms with Crippen molar-refractivity contribution in [2.75, 3.05) is 13.2 Å². The fourth-order valence-electron chi connectivity index (χ4n) is 2.39. The second-order valence-electron chi connectivity index (χ2n) is 5.12. The van der Waals surface area contributed by atoms with Crippen molar-refractivity contribution >= 4 is 10.0 Å². The quantitative estimate of drug-likeness (QED) is 0.614. The van der Waals surface area contributed by atoms with Crippen molar-refractivity contribution in [1.29, 1.82) is 0 Å². The van der Waals surface area contributed by atoms with E-state index in [-0.39, 0.29) is 11.9 Å². The highest BCUT2D eigenvalue weighted by Crippen LogP contribution is 2.19. The second-order valence-corrected chi connectivity index (χ2v) is 6.92. The molecule has 0 radical (unpaired) electrons. The van der Waals surface area contributed by atoms with E-state index in [4.69, 9.17) is 9.26 Å². The smallest absolute Gasteiger partial charge is 0.219 e. The van der Waals surface area contributed by atoms with Crippen LogP contribution in [0.2, 0.25) is 0 Å². The van der Waals surface area contributed by atoms with Gasteiger partial charge >= 0.3 is 0 Å². The molecule has 1 aliphatic rings. The van der Waals surface area contributed by atoms with E-state index >= 15 is 0 Å². The normalized spacial score (nSPS) is 18.0. The lowest BCUT2D eigenvalue weighted by Gasteiger charge is -2.15. The minimum atomic E-state index is -3.38. The first kappa shape index (κ1) is 15.5. The Kier molecular flexibility index (Phi) is 6.00. The van der Waals surface area contributed by atoms with E-state index in [0.29, 0.717) is 18.9 Å². The Morgan fingerprint density at radius 1 is 1.30 bits per heavy atom. The van der Waals surface area contributed by atoms with Crippen molar-refractivity contribution in [3.05, 3.63) is 18.0 Å². The van der Waals surface area contributed by atoms with Crippen LogP contribution >= 0.6 is 0 Å². The largest absolute Gasteiger partial charge is 0.377 e. The topological polar surface area (TPSA) is 81.4 Å². The van der Waals surface area contributed by atoms with Crippen molar-refractivity contribution in [3.63, 3.8) is 0 Å². The number of aromatic nitrogens is 1. The van der Waals surface area contributed by atoms with E-state index in [0.717, 1.165) is 12.8 Å². The standard InChI is InChI=1S/C13H22N2O4S/c16-20(17,11-13-7-8-14-19-13)15-9-10-18-12-5-3-1-2-4-6-12/h7-8,12,15H,1-6,9-11H2. The molecule has 0 spiro atoms. The first-order chi connectivity index (χ1) is 9.66. The number of sulfonamides is 1. The van der Waals surface area contributed by atoms with Gasteiger partial charge in [0.15, 0.2) is 5.76 Å². The van der Waals surface area contributed by atoms with E-state index in [1.54, 1.807) is 6.07 Å². The molecule has 0 aromatic carbocycles. The summed E-state index contributed by atoms with van der Waals surface area (Å²) in [5.74, 6) is 0.151. The van der Waals surface area contributed by atoms with Gasteiger partial charge in [0.2, 0.25) is 10.0 Å². The number of rotatable bonds is 7. The minimum absolute atomic E-state index is 0.184. The Hall–Kier alpha value is -0.920. The second kappa shape index (κ2) is 7.75. The van der Waals surface area contributed by atoms with Gasteiger partial charge in [0, 0.05) is 12.6 Å². The van der Waals surface area contributed by atoms with Crippen molar-refractivity contribution in [2.24, 2.45) is 0 Å². The molecule has 20 heavy (non-hydrogen) atoms. The zero-order valence-corrected chi connectivity index (χ0v) is 12.4. The molecule has 1 aromatic rings. The molecule has 2 rings (SSSR count). The molecule has 1 heterocycles. The molecule has 0 unspecified atom stereocenters. The summed E-state index contributed by atoms with van der Waals surface area (Å²) in [5, 5.41) is 3.48. The number of nitrogens with zero attached hydrogens (tertiary/aromatic N) is 1. The third kappa shape index (κ3) is 5.60. The Morgan fingerprint density at radius 3 is 2.70 bits per heavy atom. The van der Waals surface area contributed by atoms with Crippen LogP contribution in [0.25, 0.3) is 0 Å². The number of hydrogen-bond donors (Lipinski definition) is 1. The average Bonchev–Trinajstić information content (AvgIpc) is 2.76. The SMILES string of the molecule is O=S(=O)(Cc1ccno1)NCCOC1CCCCCC1. The molecule has 0 atom stereocenters. The molecule has 0 aliphatic heterocycles. The molecule has 1 aromatic heterocycles. The van der Waals surface area contributed by atoms with Crippen LogP contribution in [-0.2, 0) is 20.5 Å². The van der Waals surface area contributed by atoms with Gasteiger partial charge in [-0.1, -0.05) is 30.8 Å². The number of hydrogen-bond acceptors (Lipinski definition) is 5. The van der Waals surface area contributed by atoms with E-state index < -0.39 is 10.0 Å². The first-order valence-corrected chi connectivity index (χ1v) is 8.79. The van der Waals surface area contributed by atoms with Gasteiger partial charge < -0.3 is 9.26 Å². The molecule has 7 heteroatoms. The Morgan fingerprint density at radius 2 is 2.05 bits per heavy atom. The molecular formula is C13H22N2O4S. The van der Waals surface area contributed by atoms with Gasteiger partial charge in [-0.05, 0) is 12.8 Å². The van der Waals surface area contributed by atoms with E-state index in [2.05, 4.69) is 9.88 Å². The molecule has 1 N–H and O–H groups in total. The van der Waals surface area contributed by atoms with Crippen molar-refractivity contribution in [3.8, 4) is 0 Å². The lowest BCUT2D eigenvalue weighted by atomic mass is 10.1. The van der Waals surface area contributed by atoms with Crippen molar-refractivity contribution < 1.29 is 17.7 Å².